The van der Waals surface area contributed by atoms with Gasteiger partial charge in [0.15, 0.2) is 5.78 Å². The number of carbonyl (C=O) groups excluding carboxylic acids is 2. The minimum Gasteiger partial charge on any atom is -0.367 e. The van der Waals surface area contributed by atoms with E-state index >= 15 is 0 Å². The number of Topliss-reactive ketones (excluding diaryl/α,β-unsaturated/α-hetero) is 1. The van der Waals surface area contributed by atoms with E-state index in [1.807, 2.05) is 11.0 Å². The molecule has 1 aliphatic heterocycles. The lowest BCUT2D eigenvalue weighted by molar-refractivity contribution is -0.137. The zero-order chi connectivity index (χ0) is 21.2. The summed E-state index contributed by atoms with van der Waals surface area (Å²) in [6.45, 7) is 2.84. The van der Waals surface area contributed by atoms with Gasteiger partial charge in [-0.25, -0.2) is 0 Å². The van der Waals surface area contributed by atoms with Crippen LogP contribution in [0, 0.1) is 11.3 Å². The second-order valence-corrected chi connectivity index (χ2v) is 6.76. The van der Waals surface area contributed by atoms with Crippen LogP contribution in [0.25, 0.3) is 0 Å². The molecule has 0 saturated carbocycles. The molecule has 5 nitrogen and oxygen atoms in total. The smallest absolute Gasteiger partial charge is 0.367 e. The molecule has 8 heteroatoms. The normalized spacial score (nSPS) is 14.4. The summed E-state index contributed by atoms with van der Waals surface area (Å²) >= 11 is 0. The van der Waals surface area contributed by atoms with Crippen LogP contribution in [-0.4, -0.2) is 42.8 Å². The molecule has 0 radical (unpaired) electrons. The lowest BCUT2D eigenvalue weighted by Crippen LogP contribution is -2.49. The van der Waals surface area contributed by atoms with Crippen LogP contribution in [0.5, 0.6) is 0 Å². The van der Waals surface area contributed by atoms with Crippen molar-refractivity contribution >= 4 is 17.4 Å². The molecular weight excluding hydrogens is 383 g/mol. The molecule has 1 fully saturated rings. The van der Waals surface area contributed by atoms with E-state index in [0.717, 1.165) is 12.1 Å². The molecule has 0 atom stereocenters. The Labute approximate surface area is 165 Å². The average molecular weight is 401 g/mol. The second-order valence-electron chi connectivity index (χ2n) is 6.76. The first-order valence-corrected chi connectivity index (χ1v) is 8.97. The Morgan fingerprint density at radius 3 is 2.31 bits per heavy atom. The summed E-state index contributed by atoms with van der Waals surface area (Å²) in [5, 5.41) is 9.12. The maximum absolute atomic E-state index is 12.9. The van der Waals surface area contributed by atoms with Crippen LogP contribution in [0.3, 0.4) is 0 Å². The maximum Gasteiger partial charge on any atom is 0.416 e. The van der Waals surface area contributed by atoms with Crippen molar-refractivity contribution in [2.45, 2.75) is 13.1 Å². The van der Waals surface area contributed by atoms with Crippen molar-refractivity contribution in [3.05, 3.63) is 64.7 Å². The van der Waals surface area contributed by atoms with Gasteiger partial charge in [0.2, 0.25) is 0 Å². The largest absolute Gasteiger partial charge is 0.416 e. The highest BCUT2D eigenvalue weighted by Gasteiger charge is 2.32. The molecule has 0 bridgehead atoms. The molecule has 3 rings (SSSR count). The molecule has 1 heterocycles. The van der Waals surface area contributed by atoms with Gasteiger partial charge in [0.1, 0.15) is 0 Å². The third-order valence-electron chi connectivity index (χ3n) is 4.85. The van der Waals surface area contributed by atoms with Gasteiger partial charge in [0.05, 0.1) is 17.2 Å². The minimum atomic E-state index is -4.51. The molecule has 29 heavy (non-hydrogen) atoms. The quantitative estimate of drug-likeness (QED) is 0.735. The Balaban J connectivity index is 1.76. The molecule has 0 N–H and O–H groups in total. The van der Waals surface area contributed by atoms with Crippen molar-refractivity contribution in [3.8, 4) is 6.07 Å². The Bertz CT molecular complexity index is 987. The number of alkyl halides is 3. The Hall–Kier alpha value is -3.34. The second kappa shape index (κ2) is 7.95. The fourth-order valence-electron chi connectivity index (χ4n) is 3.32. The lowest BCUT2D eigenvalue weighted by Gasteiger charge is -2.37. The first kappa shape index (κ1) is 20.4. The molecule has 0 aliphatic carbocycles. The highest BCUT2D eigenvalue weighted by Crippen LogP contribution is 2.30. The van der Waals surface area contributed by atoms with Gasteiger partial charge in [0.25, 0.3) is 5.91 Å². The fraction of sp³-hybridized carbons (Fsp3) is 0.286. The summed E-state index contributed by atoms with van der Waals surface area (Å²) in [6.07, 6.45) is -4.51. The lowest BCUT2D eigenvalue weighted by atomic mass is 10.0. The van der Waals surface area contributed by atoms with Gasteiger partial charge in [-0.15, -0.1) is 0 Å². The van der Waals surface area contributed by atoms with Crippen molar-refractivity contribution < 1.29 is 22.8 Å². The topological polar surface area (TPSA) is 64.4 Å². The van der Waals surface area contributed by atoms with Crippen molar-refractivity contribution in [1.82, 2.24) is 4.90 Å². The number of hydrogen-bond donors (Lipinski definition) is 0. The zero-order valence-electron chi connectivity index (χ0n) is 15.7. The van der Waals surface area contributed by atoms with Gasteiger partial charge in [-0.1, -0.05) is 6.07 Å². The Morgan fingerprint density at radius 2 is 1.72 bits per heavy atom. The van der Waals surface area contributed by atoms with E-state index in [0.29, 0.717) is 43.0 Å². The van der Waals surface area contributed by atoms with Crippen LogP contribution >= 0.6 is 0 Å². The molecule has 0 unspecified atom stereocenters. The monoisotopic (exact) mass is 401 g/mol. The first-order valence-electron chi connectivity index (χ1n) is 8.97. The average Bonchev–Trinajstić information content (AvgIpc) is 2.72. The van der Waals surface area contributed by atoms with Gasteiger partial charge in [-0.2, -0.15) is 18.4 Å². The third kappa shape index (κ3) is 4.40. The summed E-state index contributed by atoms with van der Waals surface area (Å²) < 4.78 is 38.7. The number of ketones is 1. The van der Waals surface area contributed by atoms with E-state index in [9.17, 15) is 22.8 Å². The molecule has 2 aromatic rings. The van der Waals surface area contributed by atoms with Crippen molar-refractivity contribution in [3.63, 3.8) is 0 Å². The Morgan fingerprint density at radius 1 is 1.03 bits per heavy atom. The molecule has 150 valence electrons. The minimum absolute atomic E-state index is 0.0100. The van der Waals surface area contributed by atoms with E-state index in [1.165, 1.54) is 24.0 Å². The van der Waals surface area contributed by atoms with Gasteiger partial charge in [-0.05, 0) is 43.3 Å². The number of nitriles is 1. The molecule has 2 aromatic carbocycles. The summed E-state index contributed by atoms with van der Waals surface area (Å²) in [7, 11) is 0. The van der Waals surface area contributed by atoms with Gasteiger partial charge < -0.3 is 9.80 Å². The number of anilines is 1. The maximum atomic E-state index is 12.9. The van der Waals surface area contributed by atoms with E-state index in [4.69, 9.17) is 5.26 Å². The number of rotatable bonds is 3. The predicted molar refractivity (Wildman–Crippen MR) is 101 cm³/mol. The van der Waals surface area contributed by atoms with Crippen LogP contribution in [0.15, 0.2) is 42.5 Å². The fourth-order valence-corrected chi connectivity index (χ4v) is 3.32. The van der Waals surface area contributed by atoms with Crippen LogP contribution in [-0.2, 0) is 6.18 Å². The molecule has 1 aliphatic rings. The molecule has 1 amide bonds. The highest BCUT2D eigenvalue weighted by molar-refractivity contribution is 6.00. The number of hydrogen-bond acceptors (Lipinski definition) is 4. The number of piperazine rings is 1. The van der Waals surface area contributed by atoms with Gasteiger partial charge in [-0.3, -0.25) is 9.59 Å². The summed E-state index contributed by atoms with van der Waals surface area (Å²) in [5.41, 5.74) is 0.669. The molecular formula is C21H18F3N3O2. The van der Waals surface area contributed by atoms with Gasteiger partial charge in [0, 0.05) is 43.0 Å². The van der Waals surface area contributed by atoms with Crippen molar-refractivity contribution in [2.24, 2.45) is 0 Å². The van der Waals surface area contributed by atoms with E-state index < -0.39 is 17.6 Å². The number of carbonyl (C=O) groups is 2. The molecule has 1 saturated heterocycles. The van der Waals surface area contributed by atoms with Crippen molar-refractivity contribution in [2.75, 3.05) is 31.1 Å². The van der Waals surface area contributed by atoms with Crippen LogP contribution < -0.4 is 4.90 Å². The summed E-state index contributed by atoms with van der Waals surface area (Å²) in [6, 6.07) is 11.2. The molecule has 0 spiro atoms. The molecule has 0 aromatic heterocycles. The van der Waals surface area contributed by atoms with E-state index in [2.05, 4.69) is 0 Å². The van der Waals surface area contributed by atoms with Crippen LogP contribution in [0.2, 0.25) is 0 Å². The zero-order valence-corrected chi connectivity index (χ0v) is 15.7. The summed E-state index contributed by atoms with van der Waals surface area (Å²) in [4.78, 5) is 28.0. The highest BCUT2D eigenvalue weighted by atomic mass is 19.4. The first-order chi connectivity index (χ1) is 13.7. The van der Waals surface area contributed by atoms with Crippen LogP contribution in [0.1, 0.15) is 38.8 Å². The number of halogens is 3. The predicted octanol–water partition coefficient (Wildman–Crippen LogP) is 3.74. The standard InChI is InChI=1S/C21H18F3N3O2/c1-14(28)18-6-5-15(13-25)11-19(18)26-7-9-27(10-8-26)20(29)16-3-2-4-17(12-16)21(22,23)24/h2-6,11-12H,7-10H2,1H3. The summed E-state index contributed by atoms with van der Waals surface area (Å²) in [5.74, 6) is -0.597. The van der Waals surface area contributed by atoms with E-state index in [1.54, 1.807) is 18.2 Å². The number of nitrogens with zero attached hydrogens (tertiary/aromatic N) is 3. The number of benzene rings is 2. The van der Waals surface area contributed by atoms with Crippen molar-refractivity contribution in [1.29, 1.82) is 5.26 Å². The number of amides is 1. The Kier molecular flexibility index (Phi) is 5.59. The SMILES string of the molecule is CC(=O)c1ccc(C#N)cc1N1CCN(C(=O)c2cccc(C(F)(F)F)c2)CC1. The van der Waals surface area contributed by atoms with Gasteiger partial charge >= 0.3 is 6.18 Å². The third-order valence-corrected chi connectivity index (χ3v) is 4.85. The van der Waals surface area contributed by atoms with Crippen LogP contribution in [0.4, 0.5) is 18.9 Å². The van der Waals surface area contributed by atoms with E-state index in [-0.39, 0.29) is 11.3 Å².